The van der Waals surface area contributed by atoms with Crippen LogP contribution in [0.4, 0.5) is 0 Å². The first kappa shape index (κ1) is 24.8. The lowest BCUT2D eigenvalue weighted by atomic mass is 10.2. The summed E-state index contributed by atoms with van der Waals surface area (Å²) in [4.78, 5) is 12.8. The van der Waals surface area contributed by atoms with E-state index in [-0.39, 0.29) is 5.96 Å². The van der Waals surface area contributed by atoms with Crippen LogP contribution >= 0.6 is 23.2 Å². The van der Waals surface area contributed by atoms with Gasteiger partial charge in [0, 0.05) is 15.6 Å². The molecule has 0 radical (unpaired) electrons. The van der Waals surface area contributed by atoms with Gasteiger partial charge in [-0.15, -0.1) is 5.10 Å². The normalized spacial score (nSPS) is 11.6. The highest BCUT2D eigenvalue weighted by atomic mass is 35.5. The van der Waals surface area contributed by atoms with Gasteiger partial charge < -0.3 is 9.47 Å². The largest absolute Gasteiger partial charge is 0.493 e. The number of methoxy groups -OCH3 is 2. The van der Waals surface area contributed by atoms with E-state index < -0.39 is 5.91 Å². The number of nitrogens with zero attached hydrogens (tertiary/aromatic N) is 3. The molecule has 0 aliphatic heterocycles. The molecule has 3 aromatic carbocycles. The van der Waals surface area contributed by atoms with Gasteiger partial charge in [0.25, 0.3) is 5.91 Å². The molecule has 0 fully saturated rings. The van der Waals surface area contributed by atoms with Crippen LogP contribution in [-0.4, -0.2) is 38.5 Å². The molecular formula is C24H21Cl2N5O3. The lowest BCUT2D eigenvalue weighted by Gasteiger charge is -2.10. The standard InChI is InChI=1S/C24H21Cl2N5O3/c1-33-21-12-7-18(13-22(21)34-2)23(32)29-24(30-27-14-16-3-8-19(25)9-4-16)31-28-15-17-5-10-20(26)11-6-17/h3-15H,1-2H3,(H2,29,30,31,32). The summed E-state index contributed by atoms with van der Waals surface area (Å²) in [5, 5.41) is 16.1. The Bertz CT molecular complexity index is 1210. The number of amides is 1. The molecule has 0 bridgehead atoms. The van der Waals surface area contributed by atoms with Gasteiger partial charge in [0.2, 0.25) is 5.96 Å². The molecule has 0 saturated carbocycles. The summed E-state index contributed by atoms with van der Waals surface area (Å²) in [5.74, 6) is 0.486. The summed E-state index contributed by atoms with van der Waals surface area (Å²) in [6.45, 7) is 0. The van der Waals surface area contributed by atoms with Crippen molar-refractivity contribution < 1.29 is 14.3 Å². The molecule has 0 atom stereocenters. The van der Waals surface area contributed by atoms with Crippen LogP contribution in [0.15, 0.2) is 82.0 Å². The zero-order chi connectivity index (χ0) is 24.3. The molecule has 8 nitrogen and oxygen atoms in total. The number of benzene rings is 3. The fourth-order valence-corrected chi connectivity index (χ4v) is 2.90. The van der Waals surface area contributed by atoms with Crippen LogP contribution in [0.3, 0.4) is 0 Å². The van der Waals surface area contributed by atoms with Crippen LogP contribution in [0.5, 0.6) is 11.5 Å². The monoisotopic (exact) mass is 497 g/mol. The fraction of sp³-hybridized carbons (Fsp3) is 0.0833. The van der Waals surface area contributed by atoms with Gasteiger partial charge in [-0.3, -0.25) is 10.1 Å². The maximum absolute atomic E-state index is 12.8. The molecule has 1 amide bonds. The minimum absolute atomic E-state index is 0.00946. The topological polar surface area (TPSA) is 96.7 Å². The van der Waals surface area contributed by atoms with E-state index in [0.717, 1.165) is 11.1 Å². The van der Waals surface area contributed by atoms with Gasteiger partial charge in [-0.2, -0.15) is 10.2 Å². The number of carbonyl (C=O) groups is 1. The number of hydrazone groups is 1. The number of rotatable bonds is 7. The van der Waals surface area contributed by atoms with Crippen LogP contribution in [0.2, 0.25) is 10.0 Å². The molecule has 34 heavy (non-hydrogen) atoms. The smallest absolute Gasteiger partial charge is 0.258 e. The molecule has 0 heterocycles. The summed E-state index contributed by atoms with van der Waals surface area (Å²) in [7, 11) is 3.01. The van der Waals surface area contributed by atoms with Gasteiger partial charge in [-0.25, -0.2) is 5.43 Å². The number of ether oxygens (including phenoxy) is 2. The van der Waals surface area contributed by atoms with Crippen molar-refractivity contribution in [3.05, 3.63) is 93.5 Å². The van der Waals surface area contributed by atoms with Crippen molar-refractivity contribution in [1.82, 2.24) is 10.7 Å². The third-order valence-corrected chi connectivity index (χ3v) is 4.87. The third-order valence-electron chi connectivity index (χ3n) is 4.37. The Kier molecular flexibility index (Phi) is 9.02. The van der Waals surface area contributed by atoms with Crippen LogP contribution < -0.4 is 20.2 Å². The first-order valence-corrected chi connectivity index (χ1v) is 10.7. The van der Waals surface area contributed by atoms with Gasteiger partial charge in [-0.05, 0) is 53.6 Å². The quantitative estimate of drug-likeness (QED) is 0.279. The van der Waals surface area contributed by atoms with Crippen LogP contribution in [0, 0.1) is 0 Å². The SMILES string of the molecule is COc1ccc(C(=O)NC(=NN=Cc2ccc(Cl)cc2)NN=Cc2ccc(Cl)cc2)cc1OC. The number of hydrogen-bond acceptors (Lipinski definition) is 6. The fourth-order valence-electron chi connectivity index (χ4n) is 2.65. The van der Waals surface area contributed by atoms with Crippen molar-refractivity contribution in [3.8, 4) is 11.5 Å². The number of guanidine groups is 1. The minimum Gasteiger partial charge on any atom is -0.493 e. The van der Waals surface area contributed by atoms with E-state index in [9.17, 15) is 4.79 Å². The van der Waals surface area contributed by atoms with Crippen LogP contribution in [-0.2, 0) is 0 Å². The summed E-state index contributed by atoms with van der Waals surface area (Å²) < 4.78 is 10.5. The zero-order valence-corrected chi connectivity index (χ0v) is 19.8. The molecule has 0 unspecified atom stereocenters. The predicted molar refractivity (Wildman–Crippen MR) is 136 cm³/mol. The lowest BCUT2D eigenvalue weighted by molar-refractivity contribution is 0.0975. The third kappa shape index (κ3) is 7.33. The number of hydrogen-bond donors (Lipinski definition) is 2. The average Bonchev–Trinajstić information content (AvgIpc) is 2.85. The second kappa shape index (κ2) is 12.4. The number of halogens is 2. The van der Waals surface area contributed by atoms with Gasteiger partial charge in [0.1, 0.15) is 0 Å². The highest BCUT2D eigenvalue weighted by Crippen LogP contribution is 2.27. The van der Waals surface area contributed by atoms with Crippen molar-refractivity contribution in [1.29, 1.82) is 0 Å². The van der Waals surface area contributed by atoms with Crippen molar-refractivity contribution in [2.45, 2.75) is 0 Å². The molecule has 0 saturated heterocycles. The van der Waals surface area contributed by atoms with Crippen molar-refractivity contribution >= 4 is 47.5 Å². The van der Waals surface area contributed by atoms with Crippen LogP contribution in [0.25, 0.3) is 0 Å². The van der Waals surface area contributed by atoms with Gasteiger partial charge in [-0.1, -0.05) is 47.5 Å². The Hall–Kier alpha value is -3.88. The molecule has 2 N–H and O–H groups in total. The van der Waals surface area contributed by atoms with Crippen molar-refractivity contribution in [3.63, 3.8) is 0 Å². The van der Waals surface area contributed by atoms with Gasteiger partial charge in [0.15, 0.2) is 11.5 Å². The average molecular weight is 498 g/mol. The molecule has 10 heteroatoms. The predicted octanol–water partition coefficient (Wildman–Crippen LogP) is 4.75. The molecular weight excluding hydrogens is 477 g/mol. The first-order valence-electron chi connectivity index (χ1n) is 9.93. The highest BCUT2D eigenvalue weighted by Gasteiger charge is 2.12. The Morgan fingerprint density at radius 2 is 1.41 bits per heavy atom. The maximum Gasteiger partial charge on any atom is 0.258 e. The zero-order valence-electron chi connectivity index (χ0n) is 18.3. The number of nitrogens with one attached hydrogen (secondary N) is 2. The summed E-state index contributed by atoms with van der Waals surface area (Å²) in [5.41, 5.74) is 4.60. The molecule has 0 spiro atoms. The summed E-state index contributed by atoms with van der Waals surface area (Å²) in [6.07, 6.45) is 3.07. The van der Waals surface area contributed by atoms with E-state index in [2.05, 4.69) is 26.0 Å². The first-order chi connectivity index (χ1) is 16.5. The second-order valence-corrected chi connectivity index (χ2v) is 7.56. The van der Waals surface area contributed by atoms with Crippen LogP contribution in [0.1, 0.15) is 21.5 Å². The molecule has 174 valence electrons. The Morgan fingerprint density at radius 1 is 0.824 bits per heavy atom. The summed E-state index contributed by atoms with van der Waals surface area (Å²) >= 11 is 11.8. The summed E-state index contributed by atoms with van der Waals surface area (Å²) in [6, 6.07) is 18.9. The van der Waals surface area contributed by atoms with E-state index >= 15 is 0 Å². The Balaban J connectivity index is 1.78. The van der Waals surface area contributed by atoms with Gasteiger partial charge in [0.05, 0.1) is 26.6 Å². The molecule has 0 aliphatic rings. The molecule has 0 aliphatic carbocycles. The second-order valence-electron chi connectivity index (χ2n) is 6.69. The van der Waals surface area contributed by atoms with Gasteiger partial charge >= 0.3 is 0 Å². The molecule has 3 aromatic rings. The molecule has 3 rings (SSSR count). The van der Waals surface area contributed by atoms with E-state index in [4.69, 9.17) is 32.7 Å². The number of carbonyl (C=O) groups excluding carboxylic acids is 1. The Labute approximate surface area is 206 Å². The highest BCUT2D eigenvalue weighted by molar-refractivity contribution is 6.30. The molecule has 0 aromatic heterocycles. The minimum atomic E-state index is -0.449. The van der Waals surface area contributed by atoms with E-state index in [1.165, 1.54) is 20.4 Å². The van der Waals surface area contributed by atoms with Crippen molar-refractivity contribution in [2.75, 3.05) is 14.2 Å². The van der Waals surface area contributed by atoms with E-state index in [0.29, 0.717) is 27.1 Å². The van der Waals surface area contributed by atoms with E-state index in [1.807, 2.05) is 0 Å². The lowest BCUT2D eigenvalue weighted by Crippen LogP contribution is -2.38. The van der Waals surface area contributed by atoms with E-state index in [1.54, 1.807) is 72.9 Å². The Morgan fingerprint density at radius 3 is 2.00 bits per heavy atom. The van der Waals surface area contributed by atoms with Crippen molar-refractivity contribution in [2.24, 2.45) is 15.3 Å². The maximum atomic E-state index is 12.8.